The predicted octanol–water partition coefficient (Wildman–Crippen LogP) is 3.56. The molecule has 1 fully saturated rings. The van der Waals surface area contributed by atoms with Gasteiger partial charge in [0.1, 0.15) is 6.04 Å². The highest BCUT2D eigenvalue weighted by Crippen LogP contribution is 2.32. The number of hydrogen-bond donors (Lipinski definition) is 1. The second-order valence-corrected chi connectivity index (χ2v) is 8.14. The van der Waals surface area contributed by atoms with Crippen molar-refractivity contribution in [2.75, 3.05) is 45.9 Å². The lowest BCUT2D eigenvalue weighted by Crippen LogP contribution is -2.50. The highest BCUT2D eigenvalue weighted by atomic mass is 19.4. The van der Waals surface area contributed by atoms with Gasteiger partial charge in [0.25, 0.3) is 0 Å². The van der Waals surface area contributed by atoms with Crippen molar-refractivity contribution in [2.45, 2.75) is 46.0 Å². The molecule has 2 rings (SSSR count). The van der Waals surface area contributed by atoms with Crippen molar-refractivity contribution in [3.05, 3.63) is 35.4 Å². The second-order valence-electron chi connectivity index (χ2n) is 8.14. The minimum Gasteiger partial charge on any atom is -0.374 e. The van der Waals surface area contributed by atoms with E-state index in [4.69, 9.17) is 4.74 Å². The van der Waals surface area contributed by atoms with Crippen LogP contribution in [0.15, 0.2) is 24.3 Å². The molecule has 0 aliphatic carbocycles. The molecule has 0 saturated carbocycles. The van der Waals surface area contributed by atoms with Gasteiger partial charge in [-0.25, -0.2) is 0 Å². The number of rotatable bonds is 9. The van der Waals surface area contributed by atoms with Crippen LogP contribution in [0.5, 0.6) is 0 Å². The minimum atomic E-state index is -4.45. The van der Waals surface area contributed by atoms with Gasteiger partial charge in [0.2, 0.25) is 5.91 Å². The molecular weight excluding hydrogens is 395 g/mol. The summed E-state index contributed by atoms with van der Waals surface area (Å²) in [5.74, 6) is 0.244. The maximum atomic E-state index is 13.2. The summed E-state index contributed by atoms with van der Waals surface area (Å²) in [6, 6.07) is 4.26. The fourth-order valence-corrected chi connectivity index (χ4v) is 3.90. The number of carbonyl (C=O) groups is 1. The molecule has 1 N–H and O–H groups in total. The molecule has 0 aromatic heterocycles. The highest BCUT2D eigenvalue weighted by molar-refractivity contribution is 5.83. The first-order chi connectivity index (χ1) is 14.2. The van der Waals surface area contributed by atoms with E-state index >= 15 is 0 Å². The van der Waals surface area contributed by atoms with Gasteiger partial charge in [-0.15, -0.1) is 0 Å². The Hall–Kier alpha value is -1.64. The Morgan fingerprint density at radius 1 is 1.30 bits per heavy atom. The molecule has 1 saturated heterocycles. The normalized spacial score (nSPS) is 19.3. The molecule has 1 aromatic rings. The van der Waals surface area contributed by atoms with E-state index in [2.05, 4.69) is 24.1 Å². The quantitative estimate of drug-likeness (QED) is 0.652. The number of nitrogens with one attached hydrogen (secondary N) is 1. The topological polar surface area (TPSA) is 44.8 Å². The third kappa shape index (κ3) is 6.96. The van der Waals surface area contributed by atoms with Gasteiger partial charge in [-0.1, -0.05) is 39.8 Å². The van der Waals surface area contributed by atoms with Gasteiger partial charge in [-0.3, -0.25) is 14.6 Å². The number of alkyl halides is 3. The molecule has 1 amide bonds. The number of carbonyl (C=O) groups excluding carboxylic acids is 1. The third-order valence-electron chi connectivity index (χ3n) is 5.31. The van der Waals surface area contributed by atoms with E-state index in [0.717, 1.165) is 31.8 Å². The molecule has 30 heavy (non-hydrogen) atoms. The van der Waals surface area contributed by atoms with E-state index in [-0.39, 0.29) is 12.0 Å². The Balaban J connectivity index is 2.11. The summed E-state index contributed by atoms with van der Waals surface area (Å²) in [6.45, 7) is 12.7. The summed E-state index contributed by atoms with van der Waals surface area (Å²) in [7, 11) is 0. The highest BCUT2D eigenvalue weighted by Gasteiger charge is 2.33. The number of hydrogen-bond acceptors (Lipinski definition) is 4. The molecule has 1 heterocycles. The van der Waals surface area contributed by atoms with E-state index in [1.165, 1.54) is 6.07 Å². The summed E-state index contributed by atoms with van der Waals surface area (Å²) in [4.78, 5) is 17.2. The maximum Gasteiger partial charge on any atom is 0.416 e. The fraction of sp³-hybridized carbons (Fsp3) is 0.682. The average Bonchev–Trinajstić information content (AvgIpc) is 2.69. The molecule has 2 atom stereocenters. The van der Waals surface area contributed by atoms with Crippen LogP contribution in [0.1, 0.15) is 44.9 Å². The van der Waals surface area contributed by atoms with E-state index in [1.807, 2.05) is 18.7 Å². The van der Waals surface area contributed by atoms with Gasteiger partial charge in [0.05, 0.1) is 18.3 Å². The van der Waals surface area contributed by atoms with Crippen LogP contribution < -0.4 is 5.32 Å². The van der Waals surface area contributed by atoms with Crippen LogP contribution in [0, 0.1) is 5.92 Å². The summed E-state index contributed by atoms with van der Waals surface area (Å²) in [5.41, 5.74) is -0.401. The van der Waals surface area contributed by atoms with E-state index in [1.54, 1.807) is 6.07 Å². The molecule has 170 valence electrons. The van der Waals surface area contributed by atoms with Crippen LogP contribution in [-0.2, 0) is 15.7 Å². The smallest absolute Gasteiger partial charge is 0.374 e. The second kappa shape index (κ2) is 11.1. The van der Waals surface area contributed by atoms with Crippen LogP contribution in [0.25, 0.3) is 0 Å². The number of halogens is 3. The molecule has 1 aromatic carbocycles. The van der Waals surface area contributed by atoms with Gasteiger partial charge >= 0.3 is 6.18 Å². The van der Waals surface area contributed by atoms with Gasteiger partial charge in [-0.05, 0) is 36.7 Å². The molecule has 0 bridgehead atoms. The van der Waals surface area contributed by atoms with E-state index in [0.29, 0.717) is 37.7 Å². The van der Waals surface area contributed by atoms with Crippen molar-refractivity contribution in [1.82, 2.24) is 15.1 Å². The monoisotopic (exact) mass is 429 g/mol. The SMILES string of the molecule is CCN(CC)[C@@H](C(=O)NC[C@@H]1CN(CC(C)C)CCO1)c1cccc(C(F)(F)F)c1. The lowest BCUT2D eigenvalue weighted by atomic mass is 10.0. The Morgan fingerprint density at radius 3 is 2.60 bits per heavy atom. The van der Waals surface area contributed by atoms with Crippen LogP contribution in [0.2, 0.25) is 0 Å². The van der Waals surface area contributed by atoms with Crippen LogP contribution in [0.3, 0.4) is 0 Å². The Morgan fingerprint density at radius 2 is 2.00 bits per heavy atom. The predicted molar refractivity (Wildman–Crippen MR) is 111 cm³/mol. The zero-order valence-corrected chi connectivity index (χ0v) is 18.3. The first-order valence-corrected chi connectivity index (χ1v) is 10.7. The van der Waals surface area contributed by atoms with Crippen LogP contribution in [0.4, 0.5) is 13.2 Å². The van der Waals surface area contributed by atoms with Crippen molar-refractivity contribution >= 4 is 5.91 Å². The molecule has 1 aliphatic heterocycles. The largest absolute Gasteiger partial charge is 0.416 e. The first kappa shape index (κ1) is 24.6. The van der Waals surface area contributed by atoms with Crippen molar-refractivity contribution in [1.29, 1.82) is 0 Å². The lowest BCUT2D eigenvalue weighted by molar-refractivity contribution is -0.138. The number of benzene rings is 1. The fourth-order valence-electron chi connectivity index (χ4n) is 3.90. The zero-order valence-electron chi connectivity index (χ0n) is 18.3. The molecule has 1 aliphatic rings. The van der Waals surface area contributed by atoms with Crippen molar-refractivity contribution in [3.63, 3.8) is 0 Å². The van der Waals surface area contributed by atoms with E-state index < -0.39 is 17.8 Å². The maximum absolute atomic E-state index is 13.2. The van der Waals surface area contributed by atoms with Crippen molar-refractivity contribution in [3.8, 4) is 0 Å². The third-order valence-corrected chi connectivity index (χ3v) is 5.31. The Labute approximate surface area is 177 Å². The summed E-state index contributed by atoms with van der Waals surface area (Å²) in [5, 5.41) is 2.92. The minimum absolute atomic E-state index is 0.125. The molecule has 8 heteroatoms. The Bertz CT molecular complexity index is 678. The summed E-state index contributed by atoms with van der Waals surface area (Å²) >= 11 is 0. The lowest BCUT2D eigenvalue weighted by Gasteiger charge is -2.35. The number of amides is 1. The van der Waals surface area contributed by atoms with E-state index in [9.17, 15) is 18.0 Å². The van der Waals surface area contributed by atoms with Crippen molar-refractivity contribution in [2.24, 2.45) is 5.92 Å². The molecule has 5 nitrogen and oxygen atoms in total. The van der Waals surface area contributed by atoms with Gasteiger partial charge < -0.3 is 10.1 Å². The summed E-state index contributed by atoms with van der Waals surface area (Å²) in [6.07, 6.45) is -4.57. The number of likely N-dealkylation sites (N-methyl/N-ethyl adjacent to an activating group) is 1. The van der Waals surface area contributed by atoms with Crippen LogP contribution >= 0.6 is 0 Å². The summed E-state index contributed by atoms with van der Waals surface area (Å²) < 4.78 is 45.3. The van der Waals surface area contributed by atoms with Gasteiger partial charge in [0.15, 0.2) is 0 Å². The number of morpholine rings is 1. The number of ether oxygens (including phenoxy) is 1. The van der Waals surface area contributed by atoms with Crippen LogP contribution in [-0.4, -0.2) is 67.7 Å². The molecule has 0 unspecified atom stereocenters. The van der Waals surface area contributed by atoms with Gasteiger partial charge in [0, 0.05) is 26.2 Å². The van der Waals surface area contributed by atoms with Gasteiger partial charge in [-0.2, -0.15) is 13.2 Å². The molecular formula is C22H34F3N3O2. The number of nitrogens with zero attached hydrogens (tertiary/aromatic N) is 2. The molecule has 0 radical (unpaired) electrons. The first-order valence-electron chi connectivity index (χ1n) is 10.7. The average molecular weight is 430 g/mol. The zero-order chi connectivity index (χ0) is 22.3. The van der Waals surface area contributed by atoms with Crippen molar-refractivity contribution < 1.29 is 22.7 Å². The standard InChI is InChI=1S/C22H34F3N3O2/c1-5-28(6-2)20(17-8-7-9-18(12-17)22(23,24)25)21(29)26-13-19-15-27(10-11-30-19)14-16(3)4/h7-9,12,16,19-20H,5-6,10-11,13-15H2,1-4H3,(H,26,29)/t19-,20-/m1/s1. The Kier molecular flexibility index (Phi) is 9.12. The molecule has 0 spiro atoms.